The molecule has 0 fully saturated rings. The Morgan fingerprint density at radius 2 is 1.77 bits per heavy atom. The fraction of sp³-hybridized carbons (Fsp3) is 1.00. The second kappa shape index (κ2) is 6.42. The Balaban J connectivity index is 3.59. The zero-order valence-corrected chi connectivity index (χ0v) is 10.1. The van der Waals surface area contributed by atoms with Crippen molar-refractivity contribution in [1.29, 1.82) is 0 Å². The van der Waals surface area contributed by atoms with Crippen molar-refractivity contribution in [3.63, 3.8) is 0 Å². The van der Waals surface area contributed by atoms with Crippen LogP contribution in [0.3, 0.4) is 0 Å². The van der Waals surface area contributed by atoms with E-state index in [2.05, 4.69) is 39.9 Å². The summed E-state index contributed by atoms with van der Waals surface area (Å²) in [4.78, 5) is 0. The van der Waals surface area contributed by atoms with Gasteiger partial charge in [-0.1, -0.05) is 41.0 Å². The van der Waals surface area contributed by atoms with Gasteiger partial charge in [-0.15, -0.1) is 0 Å². The van der Waals surface area contributed by atoms with Gasteiger partial charge in [0.2, 0.25) is 0 Å². The van der Waals surface area contributed by atoms with E-state index >= 15 is 0 Å². The quantitative estimate of drug-likeness (QED) is 0.668. The molecule has 0 aromatic heterocycles. The van der Waals surface area contributed by atoms with Crippen LogP contribution < -0.4 is 5.32 Å². The molecular formula is C12H27N. The van der Waals surface area contributed by atoms with Crippen LogP contribution in [-0.2, 0) is 0 Å². The maximum atomic E-state index is 3.44. The van der Waals surface area contributed by atoms with E-state index in [1.165, 1.54) is 25.8 Å². The minimum atomic E-state index is 0.500. The third-order valence-corrected chi connectivity index (χ3v) is 2.56. The molecular weight excluding hydrogens is 158 g/mol. The van der Waals surface area contributed by atoms with Crippen molar-refractivity contribution in [3.8, 4) is 0 Å². The minimum absolute atomic E-state index is 0.500. The Morgan fingerprint density at radius 1 is 1.15 bits per heavy atom. The maximum absolute atomic E-state index is 3.44. The summed E-state index contributed by atoms with van der Waals surface area (Å²) in [6.07, 6.45) is 4.02. The van der Waals surface area contributed by atoms with Crippen LogP contribution in [0.15, 0.2) is 0 Å². The second-order valence-corrected chi connectivity index (χ2v) is 5.18. The van der Waals surface area contributed by atoms with E-state index in [1.807, 2.05) is 0 Å². The van der Waals surface area contributed by atoms with E-state index in [1.54, 1.807) is 0 Å². The molecule has 0 aliphatic rings. The number of hydrogen-bond acceptors (Lipinski definition) is 1. The molecule has 1 N–H and O–H groups in total. The fourth-order valence-corrected chi connectivity index (χ4v) is 1.44. The first-order chi connectivity index (χ1) is 5.99. The van der Waals surface area contributed by atoms with Gasteiger partial charge >= 0.3 is 0 Å². The van der Waals surface area contributed by atoms with Crippen LogP contribution in [0.4, 0.5) is 0 Å². The van der Waals surface area contributed by atoms with Gasteiger partial charge in [-0.3, -0.25) is 0 Å². The van der Waals surface area contributed by atoms with Crippen LogP contribution >= 0.6 is 0 Å². The average Bonchev–Trinajstić information content (AvgIpc) is 2.03. The standard InChI is InChI=1S/C12H27N/c1-6-11(10-13-7-2)8-9-12(3,4)5/h11,13H,6-10H2,1-5H3. The van der Waals surface area contributed by atoms with Crippen molar-refractivity contribution in [2.75, 3.05) is 13.1 Å². The van der Waals surface area contributed by atoms with Crippen molar-refractivity contribution in [2.45, 2.75) is 53.9 Å². The van der Waals surface area contributed by atoms with E-state index < -0.39 is 0 Å². The van der Waals surface area contributed by atoms with Crippen LogP contribution in [-0.4, -0.2) is 13.1 Å². The van der Waals surface area contributed by atoms with E-state index in [4.69, 9.17) is 0 Å². The van der Waals surface area contributed by atoms with Crippen molar-refractivity contribution in [2.24, 2.45) is 11.3 Å². The Hall–Kier alpha value is -0.0400. The first kappa shape index (κ1) is 13.0. The van der Waals surface area contributed by atoms with E-state index in [-0.39, 0.29) is 0 Å². The van der Waals surface area contributed by atoms with E-state index in [0.29, 0.717) is 5.41 Å². The minimum Gasteiger partial charge on any atom is -0.317 e. The molecule has 0 bridgehead atoms. The molecule has 0 aromatic rings. The van der Waals surface area contributed by atoms with Gasteiger partial charge in [-0.25, -0.2) is 0 Å². The third-order valence-electron chi connectivity index (χ3n) is 2.56. The molecule has 0 amide bonds. The monoisotopic (exact) mass is 185 g/mol. The summed E-state index contributed by atoms with van der Waals surface area (Å²) in [6.45, 7) is 13.8. The molecule has 0 aliphatic heterocycles. The van der Waals surface area contributed by atoms with Gasteiger partial charge < -0.3 is 5.32 Å². The molecule has 0 saturated carbocycles. The molecule has 0 saturated heterocycles. The Morgan fingerprint density at radius 3 is 2.15 bits per heavy atom. The summed E-state index contributed by atoms with van der Waals surface area (Å²) in [7, 11) is 0. The molecule has 0 heterocycles. The van der Waals surface area contributed by atoms with Gasteiger partial charge in [0.1, 0.15) is 0 Å². The molecule has 13 heavy (non-hydrogen) atoms. The predicted molar refractivity (Wildman–Crippen MR) is 61.0 cm³/mol. The van der Waals surface area contributed by atoms with Gasteiger partial charge in [0.15, 0.2) is 0 Å². The average molecular weight is 185 g/mol. The predicted octanol–water partition coefficient (Wildman–Crippen LogP) is 3.45. The summed E-state index contributed by atoms with van der Waals surface area (Å²) < 4.78 is 0. The SMILES string of the molecule is CCNCC(CC)CCC(C)(C)C. The van der Waals surface area contributed by atoms with Crippen LogP contribution in [0.2, 0.25) is 0 Å². The highest BCUT2D eigenvalue weighted by Crippen LogP contribution is 2.24. The Kier molecular flexibility index (Phi) is 6.40. The first-order valence-electron chi connectivity index (χ1n) is 5.70. The Bertz CT molecular complexity index is 113. The van der Waals surface area contributed by atoms with Crippen molar-refractivity contribution >= 4 is 0 Å². The molecule has 0 spiro atoms. The van der Waals surface area contributed by atoms with Crippen LogP contribution in [0.5, 0.6) is 0 Å². The molecule has 1 nitrogen and oxygen atoms in total. The zero-order valence-electron chi connectivity index (χ0n) is 10.1. The lowest BCUT2D eigenvalue weighted by molar-refractivity contribution is 0.312. The lowest BCUT2D eigenvalue weighted by Gasteiger charge is -2.22. The molecule has 0 rings (SSSR count). The van der Waals surface area contributed by atoms with Gasteiger partial charge in [-0.05, 0) is 37.3 Å². The normalized spacial score (nSPS) is 14.5. The van der Waals surface area contributed by atoms with Crippen LogP contribution in [0.1, 0.15) is 53.9 Å². The number of hydrogen-bond donors (Lipinski definition) is 1. The number of rotatable bonds is 6. The first-order valence-corrected chi connectivity index (χ1v) is 5.70. The summed E-state index contributed by atoms with van der Waals surface area (Å²) in [5, 5.41) is 3.44. The lowest BCUT2D eigenvalue weighted by Crippen LogP contribution is -2.23. The largest absolute Gasteiger partial charge is 0.317 e. The zero-order chi connectivity index (χ0) is 10.3. The lowest BCUT2D eigenvalue weighted by atomic mass is 9.86. The summed E-state index contributed by atoms with van der Waals surface area (Å²) in [5.74, 6) is 0.874. The second-order valence-electron chi connectivity index (χ2n) is 5.18. The molecule has 0 aromatic carbocycles. The van der Waals surface area contributed by atoms with Crippen molar-refractivity contribution < 1.29 is 0 Å². The highest BCUT2D eigenvalue weighted by molar-refractivity contribution is 4.67. The molecule has 80 valence electrons. The van der Waals surface area contributed by atoms with Gasteiger partial charge in [0.05, 0.1) is 0 Å². The molecule has 1 heteroatoms. The van der Waals surface area contributed by atoms with Crippen molar-refractivity contribution in [1.82, 2.24) is 5.32 Å². The van der Waals surface area contributed by atoms with Gasteiger partial charge in [0.25, 0.3) is 0 Å². The number of nitrogens with one attached hydrogen (secondary N) is 1. The summed E-state index contributed by atoms with van der Waals surface area (Å²) >= 11 is 0. The molecule has 1 atom stereocenters. The van der Waals surface area contributed by atoms with E-state index in [0.717, 1.165) is 12.5 Å². The molecule has 0 radical (unpaired) electrons. The fourth-order valence-electron chi connectivity index (χ4n) is 1.44. The maximum Gasteiger partial charge on any atom is -0.00207 e. The summed E-state index contributed by atoms with van der Waals surface area (Å²) in [5.41, 5.74) is 0.500. The highest BCUT2D eigenvalue weighted by atomic mass is 14.8. The third kappa shape index (κ3) is 8.29. The van der Waals surface area contributed by atoms with Crippen LogP contribution in [0.25, 0.3) is 0 Å². The van der Waals surface area contributed by atoms with Gasteiger partial charge in [0, 0.05) is 0 Å². The van der Waals surface area contributed by atoms with Gasteiger partial charge in [-0.2, -0.15) is 0 Å². The highest BCUT2D eigenvalue weighted by Gasteiger charge is 2.13. The van der Waals surface area contributed by atoms with E-state index in [9.17, 15) is 0 Å². The summed E-state index contributed by atoms with van der Waals surface area (Å²) in [6, 6.07) is 0. The topological polar surface area (TPSA) is 12.0 Å². The van der Waals surface area contributed by atoms with Crippen molar-refractivity contribution in [3.05, 3.63) is 0 Å². The molecule has 1 unspecified atom stereocenters. The van der Waals surface area contributed by atoms with Crippen LogP contribution in [0, 0.1) is 11.3 Å². The Labute approximate surface area is 84.3 Å². The smallest absolute Gasteiger partial charge is 0.00207 e. The molecule has 0 aliphatic carbocycles.